The van der Waals surface area contributed by atoms with Crippen LogP contribution in [0.15, 0.2) is 42.5 Å². The number of aryl methyl sites for hydroxylation is 2. The van der Waals surface area contributed by atoms with Crippen LogP contribution in [0.25, 0.3) is 0 Å². The summed E-state index contributed by atoms with van der Waals surface area (Å²) in [6.45, 7) is 4.67. The lowest BCUT2D eigenvalue weighted by Gasteiger charge is -2.33. The smallest absolute Gasteiger partial charge is 0.224 e. The molecule has 0 aromatic heterocycles. The summed E-state index contributed by atoms with van der Waals surface area (Å²) in [4.78, 5) is 15.4. The molecule has 0 unspecified atom stereocenters. The van der Waals surface area contributed by atoms with Crippen molar-refractivity contribution in [3.63, 3.8) is 0 Å². The Morgan fingerprint density at radius 1 is 1.10 bits per heavy atom. The minimum Gasteiger partial charge on any atom is -0.349 e. The highest BCUT2D eigenvalue weighted by Gasteiger charge is 2.27. The summed E-state index contributed by atoms with van der Waals surface area (Å²) in [6, 6.07) is 13.6. The summed E-state index contributed by atoms with van der Waals surface area (Å²) in [5.41, 5.74) is 5.29. The van der Waals surface area contributed by atoms with Crippen molar-refractivity contribution < 1.29 is 9.18 Å². The number of nitrogens with zero attached hydrogens (tertiary/aromatic N) is 1. The molecule has 0 saturated carbocycles. The molecule has 2 aromatic carbocycles. The number of carbonyl (C=O) groups excluding carboxylic acids is 1. The second-order valence-corrected chi connectivity index (χ2v) is 8.91. The van der Waals surface area contributed by atoms with E-state index < -0.39 is 0 Å². The van der Waals surface area contributed by atoms with Gasteiger partial charge in [-0.2, -0.15) is 0 Å². The monoisotopic (exact) mass is 408 g/mol. The Balaban J connectivity index is 1.37. The fourth-order valence-corrected chi connectivity index (χ4v) is 4.94. The summed E-state index contributed by atoms with van der Waals surface area (Å²) in [5, 5.41) is 3.34. The molecule has 1 amide bonds. The number of nitrogens with one attached hydrogen (secondary N) is 1. The Hall–Kier alpha value is -2.20. The highest BCUT2D eigenvalue weighted by Crippen LogP contribution is 2.27. The van der Waals surface area contributed by atoms with Gasteiger partial charge in [-0.1, -0.05) is 37.3 Å². The molecule has 2 atom stereocenters. The highest BCUT2D eigenvalue weighted by molar-refractivity contribution is 5.79. The minimum atomic E-state index is -0.206. The number of halogens is 1. The lowest BCUT2D eigenvalue weighted by Crippen LogP contribution is -2.43. The molecule has 4 heteroatoms. The summed E-state index contributed by atoms with van der Waals surface area (Å²) in [7, 11) is 0. The van der Waals surface area contributed by atoms with Gasteiger partial charge in [-0.25, -0.2) is 4.39 Å². The van der Waals surface area contributed by atoms with Gasteiger partial charge in [0.2, 0.25) is 5.91 Å². The van der Waals surface area contributed by atoms with Gasteiger partial charge in [0.05, 0.1) is 12.0 Å². The maximum Gasteiger partial charge on any atom is 0.224 e. The molecule has 1 N–H and O–H groups in total. The molecule has 4 rings (SSSR count). The van der Waals surface area contributed by atoms with Crippen molar-refractivity contribution >= 4 is 5.91 Å². The molecule has 0 bridgehead atoms. The summed E-state index contributed by atoms with van der Waals surface area (Å²) >= 11 is 0. The predicted molar refractivity (Wildman–Crippen MR) is 119 cm³/mol. The van der Waals surface area contributed by atoms with Crippen molar-refractivity contribution in [3.8, 4) is 0 Å². The zero-order chi connectivity index (χ0) is 20.9. The zero-order valence-electron chi connectivity index (χ0n) is 18.0. The van der Waals surface area contributed by atoms with E-state index in [2.05, 4.69) is 35.3 Å². The number of hydrogen-bond donors (Lipinski definition) is 1. The van der Waals surface area contributed by atoms with Crippen molar-refractivity contribution in [1.82, 2.24) is 10.2 Å². The van der Waals surface area contributed by atoms with Crippen LogP contribution >= 0.6 is 0 Å². The second kappa shape index (κ2) is 9.74. The quantitative estimate of drug-likeness (QED) is 0.714. The van der Waals surface area contributed by atoms with Crippen molar-refractivity contribution in [1.29, 1.82) is 0 Å². The number of benzene rings is 2. The maximum atomic E-state index is 13.2. The van der Waals surface area contributed by atoms with Crippen LogP contribution in [0.2, 0.25) is 0 Å². The first-order valence-electron chi connectivity index (χ1n) is 11.5. The van der Waals surface area contributed by atoms with Crippen molar-refractivity contribution in [2.24, 2.45) is 5.92 Å². The number of rotatable bonds is 6. The van der Waals surface area contributed by atoms with Crippen molar-refractivity contribution in [2.75, 3.05) is 13.1 Å². The van der Waals surface area contributed by atoms with Crippen LogP contribution in [0, 0.1) is 11.7 Å². The van der Waals surface area contributed by atoms with E-state index in [1.807, 2.05) is 12.1 Å². The third-order valence-corrected chi connectivity index (χ3v) is 6.70. The van der Waals surface area contributed by atoms with Crippen LogP contribution in [0.1, 0.15) is 67.3 Å². The van der Waals surface area contributed by atoms with Gasteiger partial charge in [-0.15, -0.1) is 0 Å². The normalized spacial score (nSPS) is 20.4. The molecular formula is C26H33FN2O. The van der Waals surface area contributed by atoms with Crippen LogP contribution in [0.3, 0.4) is 0 Å². The molecule has 1 aliphatic carbocycles. The van der Waals surface area contributed by atoms with E-state index in [1.54, 1.807) is 0 Å². The van der Waals surface area contributed by atoms with Crippen LogP contribution in [0.4, 0.5) is 4.39 Å². The topological polar surface area (TPSA) is 32.3 Å². The molecule has 2 aromatic rings. The van der Waals surface area contributed by atoms with E-state index in [0.29, 0.717) is 0 Å². The average Bonchev–Trinajstić information content (AvgIpc) is 2.78. The van der Waals surface area contributed by atoms with Gasteiger partial charge < -0.3 is 5.32 Å². The number of hydrogen-bond acceptors (Lipinski definition) is 2. The molecule has 1 aliphatic heterocycles. The molecular weight excluding hydrogens is 375 g/mol. The van der Waals surface area contributed by atoms with E-state index in [4.69, 9.17) is 0 Å². The van der Waals surface area contributed by atoms with Crippen molar-refractivity contribution in [3.05, 3.63) is 70.5 Å². The third-order valence-electron chi connectivity index (χ3n) is 6.70. The van der Waals surface area contributed by atoms with Gasteiger partial charge in [0.15, 0.2) is 0 Å². The lowest BCUT2D eigenvalue weighted by molar-refractivity contribution is -0.127. The first-order chi connectivity index (χ1) is 14.6. The third kappa shape index (κ3) is 5.10. The molecule has 2 aliphatic rings. The van der Waals surface area contributed by atoms with Gasteiger partial charge in [0.1, 0.15) is 5.82 Å². The number of carbonyl (C=O) groups is 1. The minimum absolute atomic E-state index is 0.0193. The number of fused-ring (bicyclic) bond motifs is 1. The Kier molecular flexibility index (Phi) is 6.83. The van der Waals surface area contributed by atoms with Crippen LogP contribution in [-0.4, -0.2) is 23.9 Å². The molecule has 30 heavy (non-hydrogen) atoms. The number of likely N-dealkylation sites (tertiary alicyclic amines) is 1. The molecule has 3 nitrogen and oxygen atoms in total. The second-order valence-electron chi connectivity index (χ2n) is 8.91. The Labute approximate surface area is 179 Å². The van der Waals surface area contributed by atoms with Gasteiger partial charge in [-0.05, 0) is 85.9 Å². The van der Waals surface area contributed by atoms with Crippen LogP contribution in [-0.2, 0) is 24.2 Å². The molecule has 0 spiro atoms. The van der Waals surface area contributed by atoms with Gasteiger partial charge in [0.25, 0.3) is 0 Å². The fraction of sp³-hybridized carbons (Fsp3) is 0.500. The molecule has 1 heterocycles. The van der Waals surface area contributed by atoms with E-state index in [1.165, 1.54) is 48.1 Å². The summed E-state index contributed by atoms with van der Waals surface area (Å²) in [6.07, 6.45) is 7.76. The summed E-state index contributed by atoms with van der Waals surface area (Å²) in [5.74, 6) is -0.0170. The zero-order valence-corrected chi connectivity index (χ0v) is 18.0. The van der Waals surface area contributed by atoms with E-state index in [9.17, 15) is 9.18 Å². The highest BCUT2D eigenvalue weighted by atomic mass is 19.1. The number of amides is 1. The van der Waals surface area contributed by atoms with Gasteiger partial charge in [-0.3, -0.25) is 9.69 Å². The SMILES string of the molecule is CC[C@H](NC(=O)[C@@H]1CCCN(Cc2ccc(F)cc2)C1)c1ccc2c(c1)CCCC2. The Morgan fingerprint density at radius 2 is 1.87 bits per heavy atom. The van der Waals surface area contributed by atoms with Crippen LogP contribution in [0.5, 0.6) is 0 Å². The molecule has 160 valence electrons. The van der Waals surface area contributed by atoms with Crippen molar-refractivity contribution in [2.45, 2.75) is 64.5 Å². The van der Waals surface area contributed by atoms with Crippen LogP contribution < -0.4 is 5.32 Å². The number of piperidine rings is 1. The average molecular weight is 409 g/mol. The summed E-state index contributed by atoms with van der Waals surface area (Å²) < 4.78 is 13.2. The Morgan fingerprint density at radius 3 is 2.63 bits per heavy atom. The van der Waals surface area contributed by atoms with E-state index in [-0.39, 0.29) is 23.7 Å². The first kappa shape index (κ1) is 21.0. The van der Waals surface area contributed by atoms with Gasteiger partial charge in [0, 0.05) is 13.1 Å². The fourth-order valence-electron chi connectivity index (χ4n) is 4.94. The molecule has 1 fully saturated rings. The largest absolute Gasteiger partial charge is 0.349 e. The van der Waals surface area contributed by atoms with E-state index >= 15 is 0 Å². The molecule has 0 radical (unpaired) electrons. The maximum absolute atomic E-state index is 13.2. The van der Waals surface area contributed by atoms with Gasteiger partial charge >= 0.3 is 0 Å². The first-order valence-corrected chi connectivity index (χ1v) is 11.5. The molecule has 1 saturated heterocycles. The lowest BCUT2D eigenvalue weighted by atomic mass is 9.88. The van der Waals surface area contributed by atoms with E-state index in [0.717, 1.165) is 50.9 Å². The Bertz CT molecular complexity index is 864. The predicted octanol–water partition coefficient (Wildman–Crippen LogP) is 5.18. The standard InChI is InChI=1S/C26H33FN2O/c1-2-25(22-12-11-20-6-3-4-7-21(20)16-22)28-26(30)23-8-5-15-29(18-23)17-19-9-13-24(27)14-10-19/h9-14,16,23,25H,2-8,15,17-18H2,1H3,(H,28,30)/t23-,25+/m1/s1.